The molecule has 2 amide bonds. The number of nitrogens with zero attached hydrogens (tertiary/aromatic N) is 3. The van der Waals surface area contributed by atoms with Crippen molar-refractivity contribution in [1.82, 2.24) is 15.1 Å². The van der Waals surface area contributed by atoms with Crippen LogP contribution in [-0.2, 0) is 9.63 Å². The fourth-order valence-corrected chi connectivity index (χ4v) is 4.01. The van der Waals surface area contributed by atoms with E-state index in [0.717, 1.165) is 5.39 Å². The maximum Gasteiger partial charge on any atom is 0.497 e. The largest absolute Gasteiger partial charge is 0.497 e. The van der Waals surface area contributed by atoms with Crippen LogP contribution in [0.5, 0.6) is 0 Å². The molecule has 35 heavy (non-hydrogen) atoms. The van der Waals surface area contributed by atoms with Crippen molar-refractivity contribution in [3.63, 3.8) is 0 Å². The van der Waals surface area contributed by atoms with E-state index in [4.69, 9.17) is 5.73 Å². The van der Waals surface area contributed by atoms with Crippen LogP contribution in [0.25, 0.3) is 16.6 Å². The highest BCUT2D eigenvalue weighted by Crippen LogP contribution is 2.24. The van der Waals surface area contributed by atoms with Gasteiger partial charge < -0.3 is 11.1 Å². The summed E-state index contributed by atoms with van der Waals surface area (Å²) in [7, 11) is 1.41. The van der Waals surface area contributed by atoms with Crippen molar-refractivity contribution in [3.05, 3.63) is 59.8 Å². The summed E-state index contributed by atoms with van der Waals surface area (Å²) in [5.41, 5.74) is 7.27. The highest BCUT2D eigenvalue weighted by atomic mass is 19.4. The lowest BCUT2D eigenvalue weighted by molar-refractivity contribution is -1.08. The average molecular weight is 490 g/mol. The Labute approximate surface area is 197 Å². The Morgan fingerprint density at radius 3 is 2.37 bits per heavy atom. The quantitative estimate of drug-likeness (QED) is 0.533. The lowest BCUT2D eigenvalue weighted by atomic mass is 10.0. The summed E-state index contributed by atoms with van der Waals surface area (Å²) >= 11 is 0. The van der Waals surface area contributed by atoms with Crippen LogP contribution in [0, 0.1) is 0 Å². The standard InChI is InChI=1S/C23H22F3N5O4/c1-31(35-22(34)23(24,25)26)11-9-16(10-12-31)28-21(33)14-5-7-17(8-6-14)30-13-15-3-2-4-18(20(27)32)19(15)29-30/h2-8,13,16H,9-12H2,1H3,(H2-,27,28,32,33)/p+1. The first-order valence-corrected chi connectivity index (χ1v) is 10.8. The molecule has 1 aliphatic rings. The summed E-state index contributed by atoms with van der Waals surface area (Å²) in [5.74, 6) is -3.13. The van der Waals surface area contributed by atoms with E-state index < -0.39 is 22.7 Å². The molecular formula is C23H23F3N5O4+. The van der Waals surface area contributed by atoms with E-state index in [1.165, 1.54) is 7.05 Å². The van der Waals surface area contributed by atoms with Gasteiger partial charge in [0.05, 0.1) is 11.3 Å². The number of hydroxylamine groups is 3. The van der Waals surface area contributed by atoms with Crippen molar-refractivity contribution in [1.29, 1.82) is 0 Å². The van der Waals surface area contributed by atoms with Gasteiger partial charge in [0, 0.05) is 36.0 Å². The Morgan fingerprint density at radius 1 is 1.11 bits per heavy atom. The molecule has 0 bridgehead atoms. The number of carbonyl (C=O) groups is 3. The van der Waals surface area contributed by atoms with E-state index in [-0.39, 0.29) is 25.0 Å². The van der Waals surface area contributed by atoms with Gasteiger partial charge in [-0.25, -0.2) is 9.48 Å². The Bertz CT molecular complexity index is 1280. The molecule has 4 rings (SSSR count). The molecule has 0 saturated carbocycles. The molecule has 1 aliphatic heterocycles. The third-order valence-electron chi connectivity index (χ3n) is 5.97. The molecule has 0 aliphatic carbocycles. The molecule has 184 valence electrons. The molecule has 0 unspecified atom stereocenters. The average Bonchev–Trinajstić information content (AvgIpc) is 3.24. The van der Waals surface area contributed by atoms with Gasteiger partial charge in [-0.1, -0.05) is 12.1 Å². The van der Waals surface area contributed by atoms with Crippen LogP contribution in [0.4, 0.5) is 13.2 Å². The summed E-state index contributed by atoms with van der Waals surface area (Å²) < 4.78 is 38.5. The predicted molar refractivity (Wildman–Crippen MR) is 118 cm³/mol. The Hall–Kier alpha value is -3.93. The zero-order valence-electron chi connectivity index (χ0n) is 18.7. The number of alkyl halides is 3. The third-order valence-corrected chi connectivity index (χ3v) is 5.97. The number of hydrogen-bond donors (Lipinski definition) is 2. The van der Waals surface area contributed by atoms with E-state index in [0.29, 0.717) is 35.2 Å². The Morgan fingerprint density at radius 2 is 1.77 bits per heavy atom. The van der Waals surface area contributed by atoms with Gasteiger partial charge in [0.15, 0.2) is 0 Å². The first-order chi connectivity index (χ1) is 16.4. The second-order valence-corrected chi connectivity index (χ2v) is 8.60. The number of nitrogens with two attached hydrogens (primary N) is 1. The molecule has 3 aromatic rings. The number of nitrogens with one attached hydrogen (secondary N) is 1. The number of benzene rings is 2. The highest BCUT2D eigenvalue weighted by molar-refractivity contribution is 6.04. The highest BCUT2D eigenvalue weighted by Gasteiger charge is 2.47. The van der Waals surface area contributed by atoms with Crippen molar-refractivity contribution < 1.29 is 37.0 Å². The van der Waals surface area contributed by atoms with Crippen molar-refractivity contribution in [2.24, 2.45) is 5.73 Å². The van der Waals surface area contributed by atoms with Crippen molar-refractivity contribution in [2.75, 3.05) is 20.1 Å². The maximum atomic E-state index is 12.7. The topological polar surface area (TPSA) is 116 Å². The van der Waals surface area contributed by atoms with Crippen LogP contribution in [0.3, 0.4) is 0 Å². The SMILES string of the molecule is C[N+]1(OC(=O)C(F)(F)F)CCC(NC(=O)c2ccc(-n3cc4cccc(C(N)=O)c4n3)cc2)CC1. The van der Waals surface area contributed by atoms with Crippen LogP contribution in [0.2, 0.25) is 0 Å². The van der Waals surface area contributed by atoms with Gasteiger partial charge in [-0.3, -0.25) is 14.4 Å². The van der Waals surface area contributed by atoms with Crippen LogP contribution in [-0.4, -0.2) is 64.6 Å². The van der Waals surface area contributed by atoms with E-state index in [1.807, 2.05) is 6.07 Å². The molecule has 1 fully saturated rings. The molecule has 2 aromatic carbocycles. The van der Waals surface area contributed by atoms with Crippen molar-refractivity contribution in [2.45, 2.75) is 25.1 Å². The maximum absolute atomic E-state index is 12.7. The minimum absolute atomic E-state index is 0.145. The second kappa shape index (κ2) is 9.02. The smallest absolute Gasteiger partial charge is 0.366 e. The number of fused-ring (bicyclic) bond motifs is 1. The summed E-state index contributed by atoms with van der Waals surface area (Å²) in [6.07, 6.45) is -2.59. The molecule has 0 atom stereocenters. The molecule has 9 nitrogen and oxygen atoms in total. The molecule has 2 heterocycles. The van der Waals surface area contributed by atoms with Gasteiger partial charge in [-0.2, -0.15) is 18.3 Å². The lowest BCUT2D eigenvalue weighted by Gasteiger charge is -2.37. The summed E-state index contributed by atoms with van der Waals surface area (Å²) in [6, 6.07) is 11.5. The van der Waals surface area contributed by atoms with Gasteiger partial charge >= 0.3 is 12.1 Å². The van der Waals surface area contributed by atoms with E-state index in [2.05, 4.69) is 15.3 Å². The minimum Gasteiger partial charge on any atom is -0.366 e. The number of primary amides is 1. The van der Waals surface area contributed by atoms with Crippen LogP contribution >= 0.6 is 0 Å². The predicted octanol–water partition coefficient (Wildman–Crippen LogP) is 2.48. The number of carbonyl (C=O) groups excluding carboxylic acids is 3. The van der Waals surface area contributed by atoms with Gasteiger partial charge in [0.25, 0.3) is 11.8 Å². The normalized spacial score (nSPS) is 20.4. The molecule has 3 N–H and O–H groups in total. The number of hydrogen-bond acceptors (Lipinski definition) is 5. The number of amides is 2. The van der Waals surface area contributed by atoms with Crippen molar-refractivity contribution >= 4 is 28.7 Å². The number of likely N-dealkylation sites (tertiary alicyclic amines) is 1. The van der Waals surface area contributed by atoms with E-state index >= 15 is 0 Å². The summed E-state index contributed by atoms with van der Waals surface area (Å²) in [4.78, 5) is 40.1. The number of halogens is 3. The lowest BCUT2D eigenvalue weighted by Crippen LogP contribution is -2.56. The Balaban J connectivity index is 1.38. The Kier molecular flexibility index (Phi) is 6.24. The summed E-state index contributed by atoms with van der Waals surface area (Å²) in [6.45, 7) is 0.289. The minimum atomic E-state index is -5.05. The van der Waals surface area contributed by atoms with Gasteiger partial charge in [-0.15, -0.1) is 4.65 Å². The zero-order valence-corrected chi connectivity index (χ0v) is 18.7. The monoisotopic (exact) mass is 490 g/mol. The molecule has 12 heteroatoms. The molecular weight excluding hydrogens is 467 g/mol. The first-order valence-electron chi connectivity index (χ1n) is 10.8. The molecule has 0 radical (unpaired) electrons. The fraction of sp³-hybridized carbons (Fsp3) is 0.304. The number of quaternary nitrogens is 1. The zero-order chi connectivity index (χ0) is 25.4. The number of rotatable bonds is 5. The van der Waals surface area contributed by atoms with E-state index in [9.17, 15) is 27.6 Å². The van der Waals surface area contributed by atoms with Crippen LogP contribution in [0.15, 0.2) is 48.7 Å². The third kappa shape index (κ3) is 5.27. The molecule has 1 saturated heterocycles. The van der Waals surface area contributed by atoms with Gasteiger partial charge in [0.2, 0.25) is 0 Å². The van der Waals surface area contributed by atoms with Crippen LogP contribution < -0.4 is 11.1 Å². The molecule has 1 aromatic heterocycles. The first kappa shape index (κ1) is 24.2. The fourth-order valence-electron chi connectivity index (χ4n) is 4.01. The van der Waals surface area contributed by atoms with E-state index in [1.54, 1.807) is 47.3 Å². The number of aromatic nitrogens is 2. The van der Waals surface area contributed by atoms with Crippen molar-refractivity contribution in [3.8, 4) is 5.69 Å². The van der Waals surface area contributed by atoms with Crippen LogP contribution in [0.1, 0.15) is 33.6 Å². The number of piperidine rings is 1. The van der Waals surface area contributed by atoms with Gasteiger partial charge in [-0.05, 0) is 30.3 Å². The second-order valence-electron chi connectivity index (χ2n) is 8.60. The summed E-state index contributed by atoms with van der Waals surface area (Å²) in [5, 5.41) is 8.04. The molecule has 0 spiro atoms. The van der Waals surface area contributed by atoms with Gasteiger partial charge in [0.1, 0.15) is 25.7 Å².